The van der Waals surface area contributed by atoms with E-state index in [9.17, 15) is 19.7 Å². The van der Waals surface area contributed by atoms with Crippen molar-refractivity contribution in [3.8, 4) is 0 Å². The van der Waals surface area contributed by atoms with Crippen molar-refractivity contribution in [2.75, 3.05) is 25.6 Å². The number of rotatable bonds is 9. The number of nitrogens with zero attached hydrogens (tertiary/aromatic N) is 2. The predicted octanol–water partition coefficient (Wildman–Crippen LogP) is 3.39. The Balaban J connectivity index is 1.98. The Hall–Kier alpha value is -3.52. The van der Waals surface area contributed by atoms with Crippen LogP contribution in [0.4, 0.5) is 11.4 Å². The van der Waals surface area contributed by atoms with E-state index in [1.54, 1.807) is 7.11 Å². The molecule has 2 aromatic rings. The number of hydrogen-bond acceptors (Lipinski definition) is 6. The van der Waals surface area contributed by atoms with Gasteiger partial charge in [-0.25, -0.2) is 0 Å². The normalized spacial score (nSPS) is 13.9. The highest BCUT2D eigenvalue weighted by atomic mass is 16.6. The molecule has 156 valence electrons. The third kappa shape index (κ3) is 4.38. The third-order valence-corrected chi connectivity index (χ3v) is 4.90. The van der Waals surface area contributed by atoms with Crippen LogP contribution in [0.2, 0.25) is 0 Å². The number of benzene rings is 2. The van der Waals surface area contributed by atoms with E-state index in [1.165, 1.54) is 29.2 Å². The van der Waals surface area contributed by atoms with Gasteiger partial charge in [-0.2, -0.15) is 0 Å². The molecule has 1 aliphatic rings. The lowest BCUT2D eigenvalue weighted by atomic mass is 10.0. The van der Waals surface area contributed by atoms with Gasteiger partial charge < -0.3 is 10.1 Å². The number of ether oxygens (including phenoxy) is 1. The van der Waals surface area contributed by atoms with Gasteiger partial charge in [0.2, 0.25) is 0 Å². The highest BCUT2D eigenvalue weighted by molar-refractivity contribution is 6.36. The molecule has 2 amide bonds. The van der Waals surface area contributed by atoms with E-state index >= 15 is 0 Å². The lowest BCUT2D eigenvalue weighted by Gasteiger charge is -2.15. The van der Waals surface area contributed by atoms with Crippen LogP contribution in [0.5, 0.6) is 0 Å². The molecule has 3 rings (SSSR count). The van der Waals surface area contributed by atoms with Crippen LogP contribution in [0.1, 0.15) is 24.5 Å². The predicted molar refractivity (Wildman–Crippen MR) is 113 cm³/mol. The van der Waals surface area contributed by atoms with Crippen LogP contribution in [0.15, 0.2) is 54.2 Å². The Morgan fingerprint density at radius 1 is 1.03 bits per heavy atom. The lowest BCUT2D eigenvalue weighted by Crippen LogP contribution is -2.33. The SMILES string of the molecule is CCc1ccc(NC2=C(c3ccc([N+](=O)[O-])cc3)C(=O)N(CCCOC)C2=O)cc1. The van der Waals surface area contributed by atoms with Crippen molar-refractivity contribution < 1.29 is 19.2 Å². The third-order valence-electron chi connectivity index (χ3n) is 4.90. The molecule has 0 aliphatic carbocycles. The molecule has 1 heterocycles. The summed E-state index contributed by atoms with van der Waals surface area (Å²) < 4.78 is 5.02. The first-order chi connectivity index (χ1) is 14.5. The van der Waals surface area contributed by atoms with Crippen molar-refractivity contribution >= 4 is 28.8 Å². The summed E-state index contributed by atoms with van der Waals surface area (Å²) in [5, 5.41) is 14.0. The molecule has 8 heteroatoms. The maximum Gasteiger partial charge on any atom is 0.278 e. The summed E-state index contributed by atoms with van der Waals surface area (Å²) in [7, 11) is 1.56. The average Bonchev–Trinajstić information content (AvgIpc) is 2.98. The molecular weight excluding hydrogens is 386 g/mol. The Bertz CT molecular complexity index is 981. The van der Waals surface area contributed by atoms with Crippen molar-refractivity contribution in [2.45, 2.75) is 19.8 Å². The molecule has 0 saturated heterocycles. The zero-order chi connectivity index (χ0) is 21.7. The van der Waals surface area contributed by atoms with E-state index in [4.69, 9.17) is 4.74 Å². The van der Waals surface area contributed by atoms with Crippen LogP contribution < -0.4 is 5.32 Å². The van der Waals surface area contributed by atoms with Gasteiger partial charge in [0.25, 0.3) is 17.5 Å². The monoisotopic (exact) mass is 409 g/mol. The number of non-ortho nitro benzene ring substituents is 1. The van der Waals surface area contributed by atoms with Gasteiger partial charge in [-0.3, -0.25) is 24.6 Å². The minimum absolute atomic E-state index is 0.0854. The Kier molecular flexibility index (Phi) is 6.58. The van der Waals surface area contributed by atoms with Crippen LogP contribution in [-0.2, 0) is 20.7 Å². The molecule has 0 unspecified atom stereocenters. The standard InChI is InChI=1S/C22H23N3O5/c1-3-15-5-9-17(10-6-15)23-20-19(16-7-11-18(12-8-16)25(28)29)21(26)24(22(20)27)13-4-14-30-2/h5-12,23H,3-4,13-14H2,1-2H3. The number of hydrogen-bond donors (Lipinski definition) is 1. The second kappa shape index (κ2) is 9.32. The zero-order valence-electron chi connectivity index (χ0n) is 16.9. The van der Waals surface area contributed by atoms with Gasteiger partial charge >= 0.3 is 0 Å². The number of carbonyl (C=O) groups excluding carboxylic acids is 2. The average molecular weight is 409 g/mol. The molecular formula is C22H23N3O5. The molecule has 0 radical (unpaired) electrons. The van der Waals surface area contributed by atoms with E-state index in [2.05, 4.69) is 12.2 Å². The number of nitro benzene ring substituents is 1. The highest BCUT2D eigenvalue weighted by Crippen LogP contribution is 2.31. The molecule has 8 nitrogen and oxygen atoms in total. The van der Waals surface area contributed by atoms with Crippen molar-refractivity contribution in [3.05, 3.63) is 75.5 Å². The Morgan fingerprint density at radius 2 is 1.70 bits per heavy atom. The molecule has 0 atom stereocenters. The first-order valence-corrected chi connectivity index (χ1v) is 9.66. The minimum Gasteiger partial charge on any atom is -0.385 e. The minimum atomic E-state index is -0.509. The Labute approximate surface area is 174 Å². The fourth-order valence-electron chi connectivity index (χ4n) is 3.25. The number of anilines is 1. The van der Waals surface area contributed by atoms with Gasteiger partial charge in [0, 0.05) is 38.1 Å². The maximum absolute atomic E-state index is 13.1. The van der Waals surface area contributed by atoms with Gasteiger partial charge in [0.1, 0.15) is 5.70 Å². The molecule has 0 aromatic heterocycles. The summed E-state index contributed by atoms with van der Waals surface area (Å²) in [6, 6.07) is 13.2. The molecule has 0 saturated carbocycles. The Morgan fingerprint density at radius 3 is 2.27 bits per heavy atom. The first-order valence-electron chi connectivity index (χ1n) is 9.66. The molecule has 2 aromatic carbocycles. The van der Waals surface area contributed by atoms with E-state index in [0.717, 1.165) is 12.0 Å². The van der Waals surface area contributed by atoms with Crippen molar-refractivity contribution in [3.63, 3.8) is 0 Å². The summed E-state index contributed by atoms with van der Waals surface area (Å²) >= 11 is 0. The van der Waals surface area contributed by atoms with Gasteiger partial charge in [-0.15, -0.1) is 0 Å². The second-order valence-corrected chi connectivity index (χ2v) is 6.84. The van der Waals surface area contributed by atoms with Crippen LogP contribution in [0.25, 0.3) is 5.57 Å². The number of imide groups is 1. The van der Waals surface area contributed by atoms with Crippen molar-refractivity contribution in [2.24, 2.45) is 0 Å². The molecule has 0 spiro atoms. The van der Waals surface area contributed by atoms with E-state index in [1.807, 2.05) is 24.3 Å². The van der Waals surface area contributed by atoms with Crippen molar-refractivity contribution in [1.29, 1.82) is 0 Å². The number of methoxy groups -OCH3 is 1. The van der Waals surface area contributed by atoms with Gasteiger partial charge in [-0.1, -0.05) is 19.1 Å². The molecule has 0 fully saturated rings. The molecule has 0 bridgehead atoms. The van der Waals surface area contributed by atoms with Crippen LogP contribution >= 0.6 is 0 Å². The smallest absolute Gasteiger partial charge is 0.278 e. The lowest BCUT2D eigenvalue weighted by molar-refractivity contribution is -0.384. The number of amides is 2. The summed E-state index contributed by atoms with van der Waals surface area (Å²) in [6.45, 7) is 2.70. The highest BCUT2D eigenvalue weighted by Gasteiger charge is 2.39. The number of nitrogens with one attached hydrogen (secondary N) is 1. The second-order valence-electron chi connectivity index (χ2n) is 6.84. The van der Waals surface area contributed by atoms with Crippen LogP contribution in [-0.4, -0.2) is 41.9 Å². The fourth-order valence-corrected chi connectivity index (χ4v) is 3.25. The largest absolute Gasteiger partial charge is 0.385 e. The van der Waals surface area contributed by atoms with E-state index < -0.39 is 16.7 Å². The van der Waals surface area contributed by atoms with E-state index in [0.29, 0.717) is 24.3 Å². The first kappa shape index (κ1) is 21.2. The molecule has 1 aliphatic heterocycles. The number of aryl methyl sites for hydroxylation is 1. The van der Waals surface area contributed by atoms with Crippen LogP contribution in [0.3, 0.4) is 0 Å². The van der Waals surface area contributed by atoms with E-state index in [-0.39, 0.29) is 23.5 Å². The molecule has 1 N–H and O–H groups in total. The summed E-state index contributed by atoms with van der Waals surface area (Å²) in [6.07, 6.45) is 1.40. The van der Waals surface area contributed by atoms with Gasteiger partial charge in [0.05, 0.1) is 10.5 Å². The van der Waals surface area contributed by atoms with Crippen LogP contribution in [0, 0.1) is 10.1 Å². The fraction of sp³-hybridized carbons (Fsp3) is 0.273. The summed E-state index contributed by atoms with van der Waals surface area (Å²) in [4.78, 5) is 37.7. The quantitative estimate of drug-likeness (QED) is 0.295. The zero-order valence-corrected chi connectivity index (χ0v) is 16.9. The number of nitro groups is 1. The van der Waals surface area contributed by atoms with Crippen molar-refractivity contribution in [1.82, 2.24) is 4.90 Å². The summed E-state index contributed by atoms with van der Waals surface area (Å²) in [5.41, 5.74) is 2.56. The van der Waals surface area contributed by atoms with Gasteiger partial charge in [-0.05, 0) is 48.2 Å². The number of carbonyl (C=O) groups is 2. The summed E-state index contributed by atoms with van der Waals surface area (Å²) in [5.74, 6) is -0.860. The topological polar surface area (TPSA) is 102 Å². The molecule has 30 heavy (non-hydrogen) atoms. The van der Waals surface area contributed by atoms with Gasteiger partial charge in [0.15, 0.2) is 0 Å². The maximum atomic E-state index is 13.1.